The second-order valence-electron chi connectivity index (χ2n) is 4.38. The maximum Gasteiger partial charge on any atom is 0.242 e. The first-order valence-corrected chi connectivity index (χ1v) is 7.75. The molecule has 0 spiro atoms. The zero-order chi connectivity index (χ0) is 13.0. The molecule has 0 amide bonds. The zero-order valence-corrected chi connectivity index (χ0v) is 11.5. The summed E-state index contributed by atoms with van der Waals surface area (Å²) < 4.78 is 26.4. The minimum absolute atomic E-state index is 0.111. The van der Waals surface area contributed by atoms with Gasteiger partial charge in [-0.05, 0) is 37.9 Å². The van der Waals surface area contributed by atoms with E-state index < -0.39 is 10.0 Å². The van der Waals surface area contributed by atoms with E-state index >= 15 is 0 Å². The number of pyridine rings is 1. The van der Waals surface area contributed by atoms with Crippen LogP contribution in [0.1, 0.15) is 12.8 Å². The molecule has 0 saturated carbocycles. The van der Waals surface area contributed by atoms with Crippen molar-refractivity contribution in [3.05, 3.63) is 23.5 Å². The summed E-state index contributed by atoms with van der Waals surface area (Å²) in [5.74, 6) is 0.560. The highest BCUT2D eigenvalue weighted by Gasteiger charge is 2.17. The highest BCUT2D eigenvalue weighted by Crippen LogP contribution is 2.14. The molecule has 1 unspecified atom stereocenters. The van der Waals surface area contributed by atoms with Gasteiger partial charge in [-0.1, -0.05) is 11.6 Å². The van der Waals surface area contributed by atoms with Gasteiger partial charge in [-0.25, -0.2) is 13.1 Å². The van der Waals surface area contributed by atoms with Gasteiger partial charge in [-0.2, -0.15) is 0 Å². The minimum atomic E-state index is -3.49. The van der Waals surface area contributed by atoms with E-state index in [4.69, 9.17) is 11.6 Å². The zero-order valence-electron chi connectivity index (χ0n) is 9.89. The van der Waals surface area contributed by atoms with Crippen LogP contribution in [0.2, 0.25) is 5.02 Å². The van der Waals surface area contributed by atoms with Gasteiger partial charge in [0.15, 0.2) is 0 Å². The van der Waals surface area contributed by atoms with Gasteiger partial charge in [-0.3, -0.25) is 4.98 Å². The smallest absolute Gasteiger partial charge is 0.242 e. The molecule has 18 heavy (non-hydrogen) atoms. The quantitative estimate of drug-likeness (QED) is 0.849. The Morgan fingerprint density at radius 1 is 1.50 bits per heavy atom. The highest BCUT2D eigenvalue weighted by molar-refractivity contribution is 7.89. The van der Waals surface area contributed by atoms with Crippen LogP contribution in [-0.2, 0) is 10.0 Å². The average molecular weight is 290 g/mol. The predicted octanol–water partition coefficient (Wildman–Crippen LogP) is 1.01. The second-order valence-corrected chi connectivity index (χ2v) is 6.59. The Morgan fingerprint density at radius 2 is 2.33 bits per heavy atom. The lowest BCUT2D eigenvalue weighted by Crippen LogP contribution is -2.26. The number of halogens is 1. The molecule has 1 aliphatic heterocycles. The van der Waals surface area contributed by atoms with Crippen LogP contribution in [0.25, 0.3) is 0 Å². The Labute approximate surface area is 112 Å². The van der Waals surface area contributed by atoms with Crippen LogP contribution in [-0.4, -0.2) is 33.0 Å². The number of rotatable bonds is 5. The van der Waals surface area contributed by atoms with Gasteiger partial charge in [0, 0.05) is 18.9 Å². The van der Waals surface area contributed by atoms with Crippen molar-refractivity contribution in [3.63, 3.8) is 0 Å². The van der Waals surface area contributed by atoms with E-state index in [1.165, 1.54) is 18.5 Å². The van der Waals surface area contributed by atoms with Crippen molar-refractivity contribution in [1.82, 2.24) is 15.0 Å². The SMILES string of the molecule is O=S(=O)(NCCC1CCNC1)c1cncc(Cl)c1. The lowest BCUT2D eigenvalue weighted by molar-refractivity contribution is 0.519. The monoisotopic (exact) mass is 289 g/mol. The summed E-state index contributed by atoms with van der Waals surface area (Å²) in [6.45, 7) is 2.44. The van der Waals surface area contributed by atoms with Crippen LogP contribution in [0.3, 0.4) is 0 Å². The van der Waals surface area contributed by atoms with Gasteiger partial charge in [0.1, 0.15) is 4.90 Å². The first kappa shape index (κ1) is 13.7. The molecule has 2 rings (SSSR count). The van der Waals surface area contributed by atoms with E-state index in [1.807, 2.05) is 0 Å². The Morgan fingerprint density at radius 3 is 3.00 bits per heavy atom. The summed E-state index contributed by atoms with van der Waals surface area (Å²) in [5.41, 5.74) is 0. The summed E-state index contributed by atoms with van der Waals surface area (Å²) in [7, 11) is -3.49. The van der Waals surface area contributed by atoms with E-state index in [-0.39, 0.29) is 4.90 Å². The average Bonchev–Trinajstić information content (AvgIpc) is 2.82. The first-order chi connectivity index (χ1) is 8.58. The molecule has 1 atom stereocenters. The molecule has 1 saturated heterocycles. The van der Waals surface area contributed by atoms with Crippen LogP contribution in [0.5, 0.6) is 0 Å². The molecule has 0 aromatic carbocycles. The molecule has 2 heterocycles. The van der Waals surface area contributed by atoms with Gasteiger partial charge < -0.3 is 5.32 Å². The lowest BCUT2D eigenvalue weighted by Gasteiger charge is -2.09. The number of sulfonamides is 1. The second kappa shape index (κ2) is 5.97. The first-order valence-electron chi connectivity index (χ1n) is 5.89. The Hall–Kier alpha value is -0.690. The summed E-state index contributed by atoms with van der Waals surface area (Å²) >= 11 is 5.73. The molecule has 0 aliphatic carbocycles. The Bertz CT molecular complexity index is 501. The molecule has 1 aromatic rings. The number of hydrogen-bond acceptors (Lipinski definition) is 4. The summed E-state index contributed by atoms with van der Waals surface area (Å²) in [4.78, 5) is 3.89. The molecule has 1 fully saturated rings. The van der Waals surface area contributed by atoms with E-state index in [0.717, 1.165) is 25.9 Å². The van der Waals surface area contributed by atoms with Crippen molar-refractivity contribution in [1.29, 1.82) is 0 Å². The van der Waals surface area contributed by atoms with Gasteiger partial charge in [0.25, 0.3) is 0 Å². The van der Waals surface area contributed by atoms with E-state index in [2.05, 4.69) is 15.0 Å². The molecule has 0 radical (unpaired) electrons. The van der Waals surface area contributed by atoms with Crippen molar-refractivity contribution in [2.45, 2.75) is 17.7 Å². The van der Waals surface area contributed by atoms with Crippen LogP contribution in [0.15, 0.2) is 23.4 Å². The molecule has 1 aliphatic rings. The third-order valence-electron chi connectivity index (χ3n) is 3.00. The maximum absolute atomic E-state index is 11.9. The van der Waals surface area contributed by atoms with Gasteiger partial charge in [-0.15, -0.1) is 0 Å². The van der Waals surface area contributed by atoms with Crippen LogP contribution < -0.4 is 10.0 Å². The van der Waals surface area contributed by atoms with Gasteiger partial charge in [0.05, 0.1) is 5.02 Å². The fraction of sp³-hybridized carbons (Fsp3) is 0.545. The largest absolute Gasteiger partial charge is 0.316 e. The van der Waals surface area contributed by atoms with Crippen molar-refractivity contribution in [2.75, 3.05) is 19.6 Å². The molecular formula is C11H16ClN3O2S. The standard InChI is InChI=1S/C11H16ClN3O2S/c12-10-5-11(8-14-7-10)18(16,17)15-4-2-9-1-3-13-6-9/h5,7-9,13,15H,1-4,6H2. The molecule has 0 bridgehead atoms. The Balaban J connectivity index is 1.90. The summed E-state index contributed by atoms with van der Waals surface area (Å²) in [6, 6.07) is 1.40. The Kier molecular flexibility index (Phi) is 4.55. The highest BCUT2D eigenvalue weighted by atomic mass is 35.5. The molecule has 1 aromatic heterocycles. The van der Waals surface area contributed by atoms with Gasteiger partial charge >= 0.3 is 0 Å². The van der Waals surface area contributed by atoms with Crippen LogP contribution >= 0.6 is 11.6 Å². The lowest BCUT2D eigenvalue weighted by atomic mass is 10.1. The third kappa shape index (κ3) is 3.65. The van der Waals surface area contributed by atoms with Crippen molar-refractivity contribution >= 4 is 21.6 Å². The van der Waals surface area contributed by atoms with Crippen molar-refractivity contribution in [2.24, 2.45) is 5.92 Å². The number of hydrogen-bond donors (Lipinski definition) is 2. The molecule has 2 N–H and O–H groups in total. The normalized spacial score (nSPS) is 20.2. The minimum Gasteiger partial charge on any atom is -0.316 e. The summed E-state index contributed by atoms with van der Waals surface area (Å²) in [5, 5.41) is 3.57. The fourth-order valence-corrected chi connectivity index (χ4v) is 3.25. The van der Waals surface area contributed by atoms with Crippen LogP contribution in [0.4, 0.5) is 0 Å². The predicted molar refractivity (Wildman–Crippen MR) is 70.0 cm³/mol. The molecule has 5 nitrogen and oxygen atoms in total. The molecular weight excluding hydrogens is 274 g/mol. The summed E-state index contributed by atoms with van der Waals surface area (Å²) in [6.07, 6.45) is 4.66. The topological polar surface area (TPSA) is 71.1 Å². The van der Waals surface area contributed by atoms with Crippen molar-refractivity contribution < 1.29 is 8.42 Å². The van der Waals surface area contributed by atoms with Gasteiger partial charge in [0.2, 0.25) is 10.0 Å². The number of nitrogens with zero attached hydrogens (tertiary/aromatic N) is 1. The third-order valence-corrected chi connectivity index (χ3v) is 4.63. The van der Waals surface area contributed by atoms with E-state index in [0.29, 0.717) is 17.5 Å². The number of aromatic nitrogens is 1. The van der Waals surface area contributed by atoms with Crippen molar-refractivity contribution in [3.8, 4) is 0 Å². The van der Waals surface area contributed by atoms with E-state index in [9.17, 15) is 8.42 Å². The number of nitrogens with one attached hydrogen (secondary N) is 2. The molecule has 100 valence electrons. The fourth-order valence-electron chi connectivity index (χ4n) is 1.98. The maximum atomic E-state index is 11.9. The molecule has 7 heteroatoms. The van der Waals surface area contributed by atoms with Crippen LogP contribution in [0, 0.1) is 5.92 Å². The van der Waals surface area contributed by atoms with E-state index in [1.54, 1.807) is 0 Å².